The number of rotatable bonds is 5. The van der Waals surface area contributed by atoms with Gasteiger partial charge >= 0.3 is 0 Å². The molecule has 0 aliphatic rings. The van der Waals surface area contributed by atoms with Crippen LogP contribution in [0.2, 0.25) is 0 Å². The van der Waals surface area contributed by atoms with Gasteiger partial charge in [0, 0.05) is 12.2 Å². The molecule has 1 N–H and O–H groups in total. The maximum atomic E-state index is 13.0. The number of hydrogen-bond acceptors (Lipinski definition) is 3. The Kier molecular flexibility index (Phi) is 4.56. The van der Waals surface area contributed by atoms with Gasteiger partial charge in [0.2, 0.25) is 0 Å². The molecule has 0 radical (unpaired) electrons. The van der Waals surface area contributed by atoms with Gasteiger partial charge in [-0.1, -0.05) is 12.1 Å². The van der Waals surface area contributed by atoms with Crippen LogP contribution in [-0.4, -0.2) is 22.6 Å². The summed E-state index contributed by atoms with van der Waals surface area (Å²) in [6.45, 7) is 0.386. The maximum absolute atomic E-state index is 13.0. The Labute approximate surface area is 138 Å². The van der Waals surface area contributed by atoms with E-state index in [0.717, 1.165) is 11.3 Å². The smallest absolute Gasteiger partial charge is 0.270 e. The van der Waals surface area contributed by atoms with E-state index in [-0.39, 0.29) is 11.7 Å². The molecule has 0 saturated heterocycles. The molecule has 0 saturated carbocycles. The number of nitrogens with zero attached hydrogens (tertiary/aromatic N) is 2. The third-order valence-corrected chi connectivity index (χ3v) is 3.59. The van der Waals surface area contributed by atoms with Crippen LogP contribution < -0.4 is 10.1 Å². The van der Waals surface area contributed by atoms with Crippen LogP contribution in [0, 0.1) is 5.82 Å². The summed E-state index contributed by atoms with van der Waals surface area (Å²) in [6, 6.07) is 13.3. The lowest BCUT2D eigenvalue weighted by molar-refractivity contribution is 0.0944. The molecule has 0 atom stereocenters. The van der Waals surface area contributed by atoms with Gasteiger partial charge in [0.05, 0.1) is 19.6 Å². The maximum Gasteiger partial charge on any atom is 0.270 e. The number of hydrogen-bond donors (Lipinski definition) is 1. The highest BCUT2D eigenvalue weighted by Gasteiger charge is 2.13. The van der Waals surface area contributed by atoms with Crippen molar-refractivity contribution in [3.05, 3.63) is 78.1 Å². The van der Waals surface area contributed by atoms with E-state index in [4.69, 9.17) is 4.74 Å². The first kappa shape index (κ1) is 15.7. The van der Waals surface area contributed by atoms with Gasteiger partial charge < -0.3 is 10.1 Å². The van der Waals surface area contributed by atoms with Gasteiger partial charge in [0.1, 0.15) is 17.3 Å². The molecule has 6 heteroatoms. The van der Waals surface area contributed by atoms with Crippen molar-refractivity contribution in [3.8, 4) is 11.4 Å². The SMILES string of the molecule is COc1ccc(CNC(=O)c2cncn2-c2ccc(F)cc2)cc1. The summed E-state index contributed by atoms with van der Waals surface area (Å²) in [7, 11) is 1.60. The van der Waals surface area contributed by atoms with Gasteiger partial charge in [0.15, 0.2) is 0 Å². The van der Waals surface area contributed by atoms with E-state index < -0.39 is 0 Å². The van der Waals surface area contributed by atoms with Gasteiger partial charge in [-0.25, -0.2) is 9.37 Å². The molecule has 5 nitrogen and oxygen atoms in total. The second kappa shape index (κ2) is 6.95. The molecule has 1 aromatic heterocycles. The molecule has 0 spiro atoms. The lowest BCUT2D eigenvalue weighted by Crippen LogP contribution is -2.25. The van der Waals surface area contributed by atoms with E-state index in [1.54, 1.807) is 23.8 Å². The number of aromatic nitrogens is 2. The topological polar surface area (TPSA) is 56.1 Å². The third kappa shape index (κ3) is 3.43. The molecule has 24 heavy (non-hydrogen) atoms. The van der Waals surface area contributed by atoms with Crippen LogP contribution in [0.4, 0.5) is 4.39 Å². The second-order valence-electron chi connectivity index (χ2n) is 5.16. The van der Waals surface area contributed by atoms with Crippen LogP contribution in [-0.2, 0) is 6.54 Å². The zero-order valence-electron chi connectivity index (χ0n) is 13.1. The number of carbonyl (C=O) groups is 1. The number of imidazole rings is 1. The summed E-state index contributed by atoms with van der Waals surface area (Å²) in [5.41, 5.74) is 2.01. The normalized spacial score (nSPS) is 10.4. The van der Waals surface area contributed by atoms with Crippen molar-refractivity contribution in [3.63, 3.8) is 0 Å². The summed E-state index contributed by atoms with van der Waals surface area (Å²) in [5.74, 6) is 0.177. The molecule has 2 aromatic carbocycles. The third-order valence-electron chi connectivity index (χ3n) is 3.59. The summed E-state index contributed by atoms with van der Waals surface area (Å²) in [4.78, 5) is 16.4. The lowest BCUT2D eigenvalue weighted by Gasteiger charge is -2.09. The molecule has 0 unspecified atom stereocenters. The Morgan fingerprint density at radius 1 is 1.17 bits per heavy atom. The van der Waals surface area contributed by atoms with Gasteiger partial charge in [0.25, 0.3) is 5.91 Å². The molecule has 122 valence electrons. The number of amides is 1. The molecule has 0 aliphatic carbocycles. The van der Waals surface area contributed by atoms with E-state index in [2.05, 4.69) is 10.3 Å². The van der Waals surface area contributed by atoms with E-state index >= 15 is 0 Å². The standard InChI is InChI=1S/C18H16FN3O2/c1-24-16-8-2-13(3-9-16)10-21-18(23)17-11-20-12-22(17)15-6-4-14(19)5-7-15/h2-9,11-12H,10H2,1H3,(H,21,23). The monoisotopic (exact) mass is 325 g/mol. The Balaban J connectivity index is 1.71. The predicted molar refractivity (Wildman–Crippen MR) is 87.7 cm³/mol. The van der Waals surface area contributed by atoms with E-state index in [1.807, 2.05) is 24.3 Å². The summed E-state index contributed by atoms with van der Waals surface area (Å²) < 4.78 is 19.8. The molecule has 0 aliphatic heterocycles. The average molecular weight is 325 g/mol. The van der Waals surface area contributed by atoms with Crippen molar-refractivity contribution < 1.29 is 13.9 Å². The highest BCUT2D eigenvalue weighted by atomic mass is 19.1. The molecule has 0 bridgehead atoms. The van der Waals surface area contributed by atoms with Crippen LogP contribution in [0.15, 0.2) is 61.1 Å². The number of benzene rings is 2. The van der Waals surface area contributed by atoms with Crippen LogP contribution in [0.25, 0.3) is 5.69 Å². The number of nitrogens with one attached hydrogen (secondary N) is 1. The van der Waals surface area contributed by atoms with Crippen LogP contribution in [0.5, 0.6) is 5.75 Å². The fraction of sp³-hybridized carbons (Fsp3) is 0.111. The Hall–Kier alpha value is -3.15. The first-order valence-electron chi connectivity index (χ1n) is 7.37. The summed E-state index contributed by atoms with van der Waals surface area (Å²) in [6.07, 6.45) is 3.00. The van der Waals surface area contributed by atoms with Gasteiger partial charge in [-0.2, -0.15) is 0 Å². The van der Waals surface area contributed by atoms with Crippen LogP contribution in [0.3, 0.4) is 0 Å². The summed E-state index contributed by atoms with van der Waals surface area (Å²) >= 11 is 0. The van der Waals surface area contributed by atoms with Gasteiger partial charge in [-0.05, 0) is 42.0 Å². The first-order valence-corrected chi connectivity index (χ1v) is 7.37. The fourth-order valence-corrected chi connectivity index (χ4v) is 2.29. The Bertz CT molecular complexity index is 826. The number of methoxy groups -OCH3 is 1. The van der Waals surface area contributed by atoms with Crippen LogP contribution in [0.1, 0.15) is 16.1 Å². The molecular formula is C18H16FN3O2. The first-order chi connectivity index (χ1) is 11.7. The quantitative estimate of drug-likeness (QED) is 0.785. The molecule has 1 heterocycles. The predicted octanol–water partition coefficient (Wildman–Crippen LogP) is 2.95. The Morgan fingerprint density at radius 2 is 1.88 bits per heavy atom. The Morgan fingerprint density at radius 3 is 2.54 bits per heavy atom. The van der Waals surface area contributed by atoms with E-state index in [9.17, 15) is 9.18 Å². The molecule has 1 amide bonds. The van der Waals surface area contributed by atoms with E-state index in [1.165, 1.54) is 24.7 Å². The van der Waals surface area contributed by atoms with Crippen LogP contribution >= 0.6 is 0 Å². The minimum absolute atomic E-state index is 0.257. The van der Waals surface area contributed by atoms with Crippen molar-refractivity contribution in [2.45, 2.75) is 6.54 Å². The minimum Gasteiger partial charge on any atom is -0.497 e. The van der Waals surface area contributed by atoms with Gasteiger partial charge in [-0.3, -0.25) is 9.36 Å². The number of ether oxygens (including phenoxy) is 1. The number of halogens is 1. The highest BCUT2D eigenvalue weighted by Crippen LogP contribution is 2.13. The molecular weight excluding hydrogens is 309 g/mol. The van der Waals surface area contributed by atoms with Crippen molar-refractivity contribution >= 4 is 5.91 Å². The van der Waals surface area contributed by atoms with Gasteiger partial charge in [-0.15, -0.1) is 0 Å². The van der Waals surface area contributed by atoms with Crippen molar-refractivity contribution in [1.29, 1.82) is 0 Å². The zero-order valence-corrected chi connectivity index (χ0v) is 13.1. The average Bonchev–Trinajstić information content (AvgIpc) is 3.10. The number of carbonyl (C=O) groups excluding carboxylic acids is 1. The highest BCUT2D eigenvalue weighted by molar-refractivity contribution is 5.92. The zero-order chi connectivity index (χ0) is 16.9. The summed E-state index contributed by atoms with van der Waals surface area (Å²) in [5, 5.41) is 2.85. The fourth-order valence-electron chi connectivity index (χ4n) is 2.29. The minimum atomic E-state index is -0.329. The van der Waals surface area contributed by atoms with Crippen molar-refractivity contribution in [2.24, 2.45) is 0 Å². The molecule has 0 fully saturated rings. The van der Waals surface area contributed by atoms with Crippen molar-refractivity contribution in [2.75, 3.05) is 7.11 Å². The van der Waals surface area contributed by atoms with E-state index in [0.29, 0.717) is 17.9 Å². The molecule has 3 aromatic rings. The van der Waals surface area contributed by atoms with Crippen molar-refractivity contribution in [1.82, 2.24) is 14.9 Å². The molecule has 3 rings (SSSR count). The lowest BCUT2D eigenvalue weighted by atomic mass is 10.2. The second-order valence-corrected chi connectivity index (χ2v) is 5.16. The largest absolute Gasteiger partial charge is 0.497 e.